The normalized spacial score (nSPS) is 26.6. The maximum absolute atomic E-state index is 11.8. The van der Waals surface area contributed by atoms with Crippen LogP contribution in [0.1, 0.15) is 62.6 Å². The summed E-state index contributed by atoms with van der Waals surface area (Å²) in [6.45, 7) is 4.18. The first kappa shape index (κ1) is 15.5. The second kappa shape index (κ2) is 6.70. The Bertz CT molecular complexity index is 447. The van der Waals surface area contributed by atoms with E-state index in [9.17, 15) is 9.90 Å². The summed E-state index contributed by atoms with van der Waals surface area (Å²) in [4.78, 5) is 16.2. The predicted molar refractivity (Wildman–Crippen MR) is 82.1 cm³/mol. The highest BCUT2D eigenvalue weighted by Crippen LogP contribution is 2.43. The van der Waals surface area contributed by atoms with Gasteiger partial charge < -0.3 is 5.11 Å². The van der Waals surface area contributed by atoms with Crippen LogP contribution in [-0.4, -0.2) is 16.1 Å². The molecule has 0 spiro atoms. The molecule has 1 aromatic rings. The van der Waals surface area contributed by atoms with E-state index in [1.807, 2.05) is 12.3 Å². The summed E-state index contributed by atoms with van der Waals surface area (Å²) in [5.74, 6) is 0.111. The van der Waals surface area contributed by atoms with Gasteiger partial charge >= 0.3 is 5.97 Å². The van der Waals surface area contributed by atoms with Crippen molar-refractivity contribution in [2.45, 2.75) is 65.2 Å². The van der Waals surface area contributed by atoms with Crippen LogP contribution in [0.2, 0.25) is 0 Å². The number of aliphatic carboxylic acids is 1. The molecule has 4 heteroatoms. The molecule has 20 heavy (non-hydrogen) atoms. The number of thiazole rings is 1. The molecule has 112 valence electrons. The summed E-state index contributed by atoms with van der Waals surface area (Å²) >= 11 is 1.60. The molecular weight excluding hydrogens is 270 g/mol. The average Bonchev–Trinajstić information content (AvgIpc) is 2.83. The van der Waals surface area contributed by atoms with E-state index >= 15 is 0 Å². The molecule has 0 unspecified atom stereocenters. The summed E-state index contributed by atoms with van der Waals surface area (Å²) in [6.07, 6.45) is 8.15. The molecule has 3 nitrogen and oxygen atoms in total. The lowest BCUT2D eigenvalue weighted by Crippen LogP contribution is -2.37. The van der Waals surface area contributed by atoms with Crippen LogP contribution < -0.4 is 0 Å². The maximum Gasteiger partial charge on any atom is 0.310 e. The van der Waals surface area contributed by atoms with Gasteiger partial charge in [-0.25, -0.2) is 4.98 Å². The maximum atomic E-state index is 11.8. The zero-order chi connectivity index (χ0) is 14.6. The van der Waals surface area contributed by atoms with Crippen molar-refractivity contribution in [1.82, 2.24) is 4.98 Å². The zero-order valence-corrected chi connectivity index (χ0v) is 13.3. The molecule has 1 heterocycles. The van der Waals surface area contributed by atoms with Crippen LogP contribution in [-0.2, 0) is 11.2 Å². The Morgan fingerprint density at radius 3 is 2.70 bits per heavy atom. The summed E-state index contributed by atoms with van der Waals surface area (Å²) < 4.78 is 0. The molecule has 0 radical (unpaired) electrons. The van der Waals surface area contributed by atoms with E-state index in [1.165, 1.54) is 19.3 Å². The number of aryl methyl sites for hydroxylation is 1. The van der Waals surface area contributed by atoms with Crippen molar-refractivity contribution in [2.24, 2.45) is 11.3 Å². The van der Waals surface area contributed by atoms with Crippen molar-refractivity contribution in [3.05, 3.63) is 16.1 Å². The molecule has 0 aliphatic heterocycles. The van der Waals surface area contributed by atoms with Crippen molar-refractivity contribution in [3.8, 4) is 0 Å². The number of carbonyl (C=O) groups is 1. The lowest BCUT2D eigenvalue weighted by atomic mass is 9.68. The van der Waals surface area contributed by atoms with Gasteiger partial charge in [0.25, 0.3) is 0 Å². The van der Waals surface area contributed by atoms with Crippen molar-refractivity contribution in [1.29, 1.82) is 0 Å². The molecule has 0 bridgehead atoms. The van der Waals surface area contributed by atoms with Crippen molar-refractivity contribution in [2.75, 3.05) is 0 Å². The van der Waals surface area contributed by atoms with Crippen LogP contribution in [0.25, 0.3) is 0 Å². The quantitative estimate of drug-likeness (QED) is 0.843. The Balaban J connectivity index is 2.00. The lowest BCUT2D eigenvalue weighted by molar-refractivity contribution is -0.151. The molecular formula is C16H25NO2S. The Kier molecular flexibility index (Phi) is 5.19. The Hall–Kier alpha value is -0.900. The first-order chi connectivity index (χ1) is 9.55. The number of carboxylic acids is 1. The second-order valence-electron chi connectivity index (χ2n) is 6.23. The van der Waals surface area contributed by atoms with E-state index in [-0.39, 0.29) is 0 Å². The van der Waals surface area contributed by atoms with Crippen LogP contribution in [0.3, 0.4) is 0 Å². The fourth-order valence-electron chi connectivity index (χ4n) is 3.25. The number of hydrogen-bond donors (Lipinski definition) is 1. The van der Waals surface area contributed by atoms with Crippen molar-refractivity contribution < 1.29 is 9.90 Å². The third-order valence-electron chi connectivity index (χ3n) is 4.64. The van der Waals surface area contributed by atoms with Gasteiger partial charge in [0.05, 0.1) is 10.4 Å². The monoisotopic (exact) mass is 295 g/mol. The Morgan fingerprint density at radius 2 is 2.20 bits per heavy atom. The first-order valence-electron chi connectivity index (χ1n) is 7.70. The molecule has 1 N–H and O–H groups in total. The average molecular weight is 295 g/mol. The molecule has 0 atom stereocenters. The third kappa shape index (κ3) is 3.60. The van der Waals surface area contributed by atoms with Crippen LogP contribution in [0.5, 0.6) is 0 Å². The Labute approximate surface area is 125 Å². The predicted octanol–water partition coefficient (Wildman–Crippen LogP) is 4.45. The summed E-state index contributed by atoms with van der Waals surface area (Å²) in [5, 5.41) is 12.7. The number of aromatic nitrogens is 1. The molecule has 1 aromatic heterocycles. The molecule has 1 saturated carbocycles. The van der Waals surface area contributed by atoms with E-state index in [1.54, 1.807) is 11.3 Å². The highest BCUT2D eigenvalue weighted by molar-refractivity contribution is 7.09. The summed E-state index contributed by atoms with van der Waals surface area (Å²) in [6, 6.07) is 0. The SMILES string of the molecule is CCCCC1CCC(Cc2nc(C)cs2)(C(=O)O)CC1. The minimum atomic E-state index is -0.626. The number of unbranched alkanes of at least 4 members (excludes halogenated alkanes) is 1. The number of hydrogen-bond acceptors (Lipinski definition) is 3. The van der Waals surface area contributed by atoms with Gasteiger partial charge in [0, 0.05) is 17.5 Å². The highest BCUT2D eigenvalue weighted by Gasteiger charge is 2.42. The van der Waals surface area contributed by atoms with Crippen molar-refractivity contribution in [3.63, 3.8) is 0 Å². The summed E-state index contributed by atoms with van der Waals surface area (Å²) in [7, 11) is 0. The lowest BCUT2D eigenvalue weighted by Gasteiger charge is -2.36. The molecule has 0 saturated heterocycles. The minimum absolute atomic E-state index is 0.562. The second-order valence-corrected chi connectivity index (χ2v) is 7.17. The number of rotatable bonds is 6. The topological polar surface area (TPSA) is 50.2 Å². The van der Waals surface area contributed by atoms with Crippen LogP contribution >= 0.6 is 11.3 Å². The fourth-order valence-corrected chi connectivity index (χ4v) is 4.17. The smallest absolute Gasteiger partial charge is 0.310 e. The zero-order valence-electron chi connectivity index (χ0n) is 12.5. The first-order valence-corrected chi connectivity index (χ1v) is 8.58. The van der Waals surface area contributed by atoms with Crippen LogP contribution in [0.4, 0.5) is 0 Å². The van der Waals surface area contributed by atoms with E-state index in [0.29, 0.717) is 6.42 Å². The van der Waals surface area contributed by atoms with Gasteiger partial charge in [-0.3, -0.25) is 4.79 Å². The third-order valence-corrected chi connectivity index (χ3v) is 5.60. The van der Waals surface area contributed by atoms with Gasteiger partial charge in [0.2, 0.25) is 0 Å². The minimum Gasteiger partial charge on any atom is -0.481 e. The van der Waals surface area contributed by atoms with Crippen LogP contribution in [0, 0.1) is 18.3 Å². The molecule has 1 aliphatic rings. The summed E-state index contributed by atoms with van der Waals surface area (Å²) in [5.41, 5.74) is 0.440. The number of nitrogens with zero attached hydrogens (tertiary/aromatic N) is 1. The highest BCUT2D eigenvalue weighted by atomic mass is 32.1. The van der Waals surface area contributed by atoms with Crippen LogP contribution in [0.15, 0.2) is 5.38 Å². The molecule has 1 fully saturated rings. The molecule has 0 amide bonds. The standard InChI is InChI=1S/C16H25NO2S/c1-3-4-5-13-6-8-16(9-7-13,15(18)19)10-14-17-12(2)11-20-14/h11,13H,3-10H2,1-2H3,(H,18,19). The van der Waals surface area contributed by atoms with Crippen molar-refractivity contribution >= 4 is 17.3 Å². The van der Waals surface area contributed by atoms with E-state index in [0.717, 1.165) is 42.3 Å². The van der Waals surface area contributed by atoms with E-state index in [2.05, 4.69) is 11.9 Å². The van der Waals surface area contributed by atoms with Gasteiger partial charge in [0.15, 0.2) is 0 Å². The molecule has 0 aromatic carbocycles. The van der Waals surface area contributed by atoms with Gasteiger partial charge in [-0.1, -0.05) is 26.2 Å². The van der Waals surface area contributed by atoms with E-state index in [4.69, 9.17) is 0 Å². The van der Waals surface area contributed by atoms with Gasteiger partial charge in [0.1, 0.15) is 0 Å². The Morgan fingerprint density at radius 1 is 1.50 bits per heavy atom. The fraction of sp³-hybridized carbons (Fsp3) is 0.750. The van der Waals surface area contributed by atoms with Gasteiger partial charge in [-0.05, 0) is 38.5 Å². The van der Waals surface area contributed by atoms with Gasteiger partial charge in [-0.15, -0.1) is 11.3 Å². The largest absolute Gasteiger partial charge is 0.481 e. The number of carboxylic acid groups (broad SMARTS) is 1. The van der Waals surface area contributed by atoms with Gasteiger partial charge in [-0.2, -0.15) is 0 Å². The molecule has 2 rings (SSSR count). The van der Waals surface area contributed by atoms with E-state index < -0.39 is 11.4 Å². The molecule has 1 aliphatic carbocycles.